The average Bonchev–Trinajstić information content (AvgIpc) is 2.61. The van der Waals surface area contributed by atoms with E-state index in [4.69, 9.17) is 4.74 Å². The number of nitrogens with one attached hydrogen (secondary N) is 2. The number of carbonyl (C=O) groups is 1. The summed E-state index contributed by atoms with van der Waals surface area (Å²) < 4.78 is 5.98. The topological polar surface area (TPSA) is 70.6 Å². The van der Waals surface area contributed by atoms with Crippen LogP contribution in [0, 0.1) is 0 Å². The van der Waals surface area contributed by atoms with Crippen LogP contribution in [-0.4, -0.2) is 29.4 Å². The second kappa shape index (κ2) is 9.04. The van der Waals surface area contributed by atoms with Crippen LogP contribution in [-0.2, 0) is 11.3 Å². The fourth-order valence-electron chi connectivity index (χ4n) is 2.86. The van der Waals surface area contributed by atoms with Gasteiger partial charge in [0, 0.05) is 5.69 Å². The van der Waals surface area contributed by atoms with Crippen LogP contribution in [0.4, 0.5) is 10.5 Å². The highest BCUT2D eigenvalue weighted by molar-refractivity contribution is 5.89. The Kier molecular flexibility index (Phi) is 7.06. The number of aliphatic hydroxyl groups is 1. The summed E-state index contributed by atoms with van der Waals surface area (Å²) in [5.74, 6) is 0. The van der Waals surface area contributed by atoms with Crippen LogP contribution in [0.25, 0.3) is 0 Å². The zero-order valence-corrected chi connectivity index (χ0v) is 14.8. The third-order valence-corrected chi connectivity index (χ3v) is 4.77. The van der Waals surface area contributed by atoms with Gasteiger partial charge >= 0.3 is 6.03 Å². The molecule has 0 aromatic heterocycles. The van der Waals surface area contributed by atoms with Crippen molar-refractivity contribution in [2.75, 3.05) is 11.9 Å². The summed E-state index contributed by atoms with van der Waals surface area (Å²) in [6.45, 7) is 4.23. The molecule has 2 rings (SSSR count). The van der Waals surface area contributed by atoms with Crippen molar-refractivity contribution in [3.05, 3.63) is 29.8 Å². The molecule has 24 heavy (non-hydrogen) atoms. The van der Waals surface area contributed by atoms with Gasteiger partial charge in [0.25, 0.3) is 0 Å². The van der Waals surface area contributed by atoms with Crippen molar-refractivity contribution in [3.63, 3.8) is 0 Å². The van der Waals surface area contributed by atoms with E-state index in [-0.39, 0.29) is 12.6 Å². The predicted octanol–water partition coefficient (Wildman–Crippen LogP) is 3.82. The molecule has 1 atom stereocenters. The van der Waals surface area contributed by atoms with E-state index < -0.39 is 5.54 Å². The molecule has 1 aromatic carbocycles. The van der Waals surface area contributed by atoms with E-state index in [1.54, 1.807) is 0 Å². The van der Waals surface area contributed by atoms with E-state index >= 15 is 0 Å². The molecule has 0 aliphatic heterocycles. The summed E-state index contributed by atoms with van der Waals surface area (Å²) in [7, 11) is 0. The van der Waals surface area contributed by atoms with Gasteiger partial charge in [0.15, 0.2) is 0 Å². The molecule has 0 bridgehead atoms. The van der Waals surface area contributed by atoms with E-state index in [0.717, 1.165) is 24.1 Å². The maximum Gasteiger partial charge on any atom is 0.319 e. The number of hydrogen-bond acceptors (Lipinski definition) is 3. The summed E-state index contributed by atoms with van der Waals surface area (Å²) in [4.78, 5) is 12.1. The molecule has 3 N–H and O–H groups in total. The van der Waals surface area contributed by atoms with E-state index in [2.05, 4.69) is 10.6 Å². The number of carbonyl (C=O) groups excluding carboxylic acids is 1. The Morgan fingerprint density at radius 3 is 2.75 bits per heavy atom. The lowest BCUT2D eigenvalue weighted by atomic mass is 9.98. The minimum atomic E-state index is -0.605. The molecular weight excluding hydrogens is 304 g/mol. The molecule has 1 fully saturated rings. The fourth-order valence-corrected chi connectivity index (χ4v) is 2.86. The first-order chi connectivity index (χ1) is 11.5. The van der Waals surface area contributed by atoms with Gasteiger partial charge in [0.2, 0.25) is 0 Å². The van der Waals surface area contributed by atoms with Crippen LogP contribution in [0.2, 0.25) is 0 Å². The molecular formula is C19H30N2O3. The van der Waals surface area contributed by atoms with Gasteiger partial charge in [0.05, 0.1) is 24.9 Å². The van der Waals surface area contributed by atoms with Crippen molar-refractivity contribution < 1.29 is 14.6 Å². The first-order valence-electron chi connectivity index (χ1n) is 8.95. The number of amides is 2. The predicted molar refractivity (Wildman–Crippen MR) is 96.0 cm³/mol. The van der Waals surface area contributed by atoms with Gasteiger partial charge in [-0.15, -0.1) is 0 Å². The first kappa shape index (κ1) is 18.7. The maximum absolute atomic E-state index is 12.1. The van der Waals surface area contributed by atoms with Crippen molar-refractivity contribution in [1.82, 2.24) is 5.32 Å². The molecule has 1 aromatic rings. The molecule has 1 aliphatic carbocycles. The molecule has 0 radical (unpaired) electrons. The van der Waals surface area contributed by atoms with Crippen LogP contribution < -0.4 is 10.6 Å². The average molecular weight is 334 g/mol. The van der Waals surface area contributed by atoms with Crippen molar-refractivity contribution >= 4 is 11.7 Å². The lowest BCUT2D eigenvalue weighted by molar-refractivity contribution is 0.0169. The summed E-state index contributed by atoms with van der Waals surface area (Å²) >= 11 is 0. The zero-order chi connectivity index (χ0) is 17.4. The minimum absolute atomic E-state index is 0.0911. The number of urea groups is 1. The largest absolute Gasteiger partial charge is 0.394 e. The summed E-state index contributed by atoms with van der Waals surface area (Å²) in [5.41, 5.74) is 1.18. The number of hydrogen-bond donors (Lipinski definition) is 3. The second-order valence-electron chi connectivity index (χ2n) is 6.92. The van der Waals surface area contributed by atoms with Gasteiger partial charge in [-0.25, -0.2) is 4.79 Å². The minimum Gasteiger partial charge on any atom is -0.394 e. The Hall–Kier alpha value is -1.59. The lowest BCUT2D eigenvalue weighted by Gasteiger charge is -2.27. The van der Waals surface area contributed by atoms with E-state index in [0.29, 0.717) is 19.1 Å². The number of benzene rings is 1. The third kappa shape index (κ3) is 5.80. The molecule has 5 heteroatoms. The Bertz CT molecular complexity index is 523. The first-order valence-corrected chi connectivity index (χ1v) is 8.95. The number of anilines is 1. The maximum atomic E-state index is 12.1. The standard InChI is InChI=1S/C19H30N2O3/c1-3-19(2,14-22)21-18(23)20-16-9-7-8-15(12-16)13-24-17-10-5-4-6-11-17/h7-9,12,17,22H,3-6,10-11,13-14H2,1-2H3,(H2,20,21,23). The highest BCUT2D eigenvalue weighted by Gasteiger charge is 2.23. The van der Waals surface area contributed by atoms with Crippen LogP contribution in [0.15, 0.2) is 24.3 Å². The highest BCUT2D eigenvalue weighted by atomic mass is 16.5. The molecule has 0 saturated heterocycles. The monoisotopic (exact) mass is 334 g/mol. The Labute approximate surface area is 144 Å². The SMILES string of the molecule is CCC(C)(CO)NC(=O)Nc1cccc(COC2CCCCC2)c1. The summed E-state index contributed by atoms with van der Waals surface area (Å²) in [5, 5.41) is 15.0. The smallest absolute Gasteiger partial charge is 0.319 e. The van der Waals surface area contributed by atoms with Crippen LogP contribution >= 0.6 is 0 Å². The van der Waals surface area contributed by atoms with Crippen molar-refractivity contribution in [1.29, 1.82) is 0 Å². The Morgan fingerprint density at radius 2 is 2.08 bits per heavy atom. The van der Waals surface area contributed by atoms with Crippen molar-refractivity contribution in [2.24, 2.45) is 0 Å². The van der Waals surface area contributed by atoms with Gasteiger partial charge in [-0.1, -0.05) is 38.3 Å². The lowest BCUT2D eigenvalue weighted by Crippen LogP contribution is -2.50. The number of ether oxygens (including phenoxy) is 1. The van der Waals surface area contributed by atoms with Crippen LogP contribution in [0.5, 0.6) is 0 Å². The summed E-state index contributed by atoms with van der Waals surface area (Å²) in [6.07, 6.45) is 7.16. The molecule has 2 amide bonds. The van der Waals surface area contributed by atoms with Gasteiger partial charge in [0.1, 0.15) is 0 Å². The molecule has 1 saturated carbocycles. The fraction of sp³-hybridized carbons (Fsp3) is 0.632. The zero-order valence-electron chi connectivity index (χ0n) is 14.8. The number of aliphatic hydroxyl groups excluding tert-OH is 1. The molecule has 1 unspecified atom stereocenters. The quantitative estimate of drug-likeness (QED) is 0.710. The van der Waals surface area contributed by atoms with Crippen LogP contribution in [0.3, 0.4) is 0 Å². The van der Waals surface area contributed by atoms with Crippen molar-refractivity contribution in [3.8, 4) is 0 Å². The normalized spacial score (nSPS) is 18.0. The van der Waals surface area contributed by atoms with Gasteiger partial charge < -0.3 is 20.5 Å². The third-order valence-electron chi connectivity index (χ3n) is 4.77. The molecule has 134 valence electrons. The second-order valence-corrected chi connectivity index (χ2v) is 6.92. The molecule has 0 spiro atoms. The van der Waals surface area contributed by atoms with Gasteiger partial charge in [-0.05, 0) is 43.9 Å². The Morgan fingerprint density at radius 1 is 1.33 bits per heavy atom. The molecule has 1 aliphatic rings. The molecule has 0 heterocycles. The van der Waals surface area contributed by atoms with Crippen molar-refractivity contribution in [2.45, 2.75) is 70.6 Å². The summed E-state index contributed by atoms with van der Waals surface area (Å²) in [6, 6.07) is 7.41. The van der Waals surface area contributed by atoms with Gasteiger partial charge in [-0.3, -0.25) is 0 Å². The van der Waals surface area contributed by atoms with E-state index in [9.17, 15) is 9.90 Å². The molecule has 5 nitrogen and oxygen atoms in total. The highest BCUT2D eigenvalue weighted by Crippen LogP contribution is 2.22. The van der Waals surface area contributed by atoms with E-state index in [1.807, 2.05) is 38.1 Å². The Balaban J connectivity index is 1.86. The van der Waals surface area contributed by atoms with Crippen LogP contribution in [0.1, 0.15) is 57.9 Å². The van der Waals surface area contributed by atoms with E-state index in [1.165, 1.54) is 19.3 Å². The van der Waals surface area contributed by atoms with Gasteiger partial charge in [-0.2, -0.15) is 0 Å². The number of rotatable bonds is 7.